The normalized spacial score (nSPS) is 30.6. The maximum atomic E-state index is 12.6. The van der Waals surface area contributed by atoms with Gasteiger partial charge in [-0.05, 0) is 68.1 Å². The van der Waals surface area contributed by atoms with Gasteiger partial charge in [0.2, 0.25) is 5.91 Å². The number of piperidine rings is 1. The van der Waals surface area contributed by atoms with E-state index in [0.29, 0.717) is 23.8 Å². The van der Waals surface area contributed by atoms with Crippen LogP contribution in [0, 0.1) is 17.8 Å². The highest BCUT2D eigenvalue weighted by Crippen LogP contribution is 2.48. The Kier molecular flexibility index (Phi) is 4.83. The summed E-state index contributed by atoms with van der Waals surface area (Å²) in [5, 5.41) is 3.37. The highest BCUT2D eigenvalue weighted by atomic mass is 16.2. The van der Waals surface area contributed by atoms with Crippen molar-refractivity contribution in [3.63, 3.8) is 0 Å². The summed E-state index contributed by atoms with van der Waals surface area (Å²) in [7, 11) is 0. The number of amides is 1. The minimum absolute atomic E-state index is 0.327. The molecule has 1 amide bonds. The van der Waals surface area contributed by atoms with Gasteiger partial charge in [0.25, 0.3) is 0 Å². The number of carbonyl (C=O) groups excluding carboxylic acids is 1. The van der Waals surface area contributed by atoms with Crippen LogP contribution in [0.4, 0.5) is 0 Å². The zero-order valence-corrected chi connectivity index (χ0v) is 14.5. The lowest BCUT2D eigenvalue weighted by Gasteiger charge is -2.33. The largest absolute Gasteiger partial charge is 0.353 e. The molecule has 4 rings (SSSR count). The standard InChI is InChI=1S/C20H29N3O/c24-20(19-14-16-1-2-17(19)13-16)22-18-6-11-23(12-7-18)10-5-15-3-8-21-9-4-15/h3-4,8-9,16-19H,1-2,5-7,10-14H2,(H,22,24)/t16-,17-,19+/m0/s1. The molecule has 2 saturated carbocycles. The number of fused-ring (bicyclic) bond motifs is 2. The number of aromatic nitrogens is 1. The van der Waals surface area contributed by atoms with Gasteiger partial charge in [-0.3, -0.25) is 9.78 Å². The van der Waals surface area contributed by atoms with Crippen molar-refractivity contribution in [3.8, 4) is 0 Å². The van der Waals surface area contributed by atoms with E-state index < -0.39 is 0 Å². The van der Waals surface area contributed by atoms with Crippen molar-refractivity contribution in [1.82, 2.24) is 15.2 Å². The molecule has 2 heterocycles. The molecule has 0 spiro atoms. The van der Waals surface area contributed by atoms with Crippen molar-refractivity contribution in [2.24, 2.45) is 17.8 Å². The monoisotopic (exact) mass is 327 g/mol. The van der Waals surface area contributed by atoms with Crippen LogP contribution in [0.25, 0.3) is 0 Å². The first-order chi connectivity index (χ1) is 11.8. The van der Waals surface area contributed by atoms with Gasteiger partial charge in [0.05, 0.1) is 0 Å². The summed E-state index contributed by atoms with van der Waals surface area (Å²) in [5.74, 6) is 2.22. The Morgan fingerprint density at radius 1 is 1.12 bits per heavy atom. The van der Waals surface area contributed by atoms with E-state index in [1.165, 1.54) is 24.8 Å². The Balaban J connectivity index is 1.18. The number of likely N-dealkylation sites (tertiary alicyclic amines) is 1. The third-order valence-electron chi connectivity index (χ3n) is 6.47. The maximum Gasteiger partial charge on any atom is 0.223 e. The minimum Gasteiger partial charge on any atom is -0.353 e. The van der Waals surface area contributed by atoms with Crippen molar-refractivity contribution in [2.75, 3.05) is 19.6 Å². The third kappa shape index (κ3) is 3.64. The van der Waals surface area contributed by atoms with Crippen molar-refractivity contribution < 1.29 is 4.79 Å². The molecule has 0 radical (unpaired) electrons. The molecule has 2 aliphatic carbocycles. The number of hydrogen-bond donors (Lipinski definition) is 1. The summed E-state index contributed by atoms with van der Waals surface area (Å²) in [5.41, 5.74) is 1.36. The fraction of sp³-hybridized carbons (Fsp3) is 0.700. The molecule has 130 valence electrons. The minimum atomic E-state index is 0.327. The Morgan fingerprint density at radius 2 is 1.92 bits per heavy atom. The van der Waals surface area contributed by atoms with Gasteiger partial charge in [0.1, 0.15) is 0 Å². The van der Waals surface area contributed by atoms with Crippen LogP contribution in [0.1, 0.15) is 44.1 Å². The van der Waals surface area contributed by atoms with E-state index in [1.54, 1.807) is 0 Å². The molecule has 1 aromatic heterocycles. The summed E-state index contributed by atoms with van der Waals surface area (Å²) >= 11 is 0. The molecule has 0 aromatic carbocycles. The first kappa shape index (κ1) is 16.1. The summed E-state index contributed by atoms with van der Waals surface area (Å²) in [6.07, 6.45) is 12.1. The molecular weight excluding hydrogens is 298 g/mol. The fourth-order valence-corrected chi connectivity index (χ4v) is 5.01. The predicted molar refractivity (Wildman–Crippen MR) is 94.5 cm³/mol. The topological polar surface area (TPSA) is 45.2 Å². The number of hydrogen-bond acceptors (Lipinski definition) is 3. The van der Waals surface area contributed by atoms with Crippen LogP contribution in [-0.4, -0.2) is 41.5 Å². The van der Waals surface area contributed by atoms with Crippen molar-refractivity contribution in [3.05, 3.63) is 30.1 Å². The van der Waals surface area contributed by atoms with Crippen LogP contribution < -0.4 is 5.32 Å². The summed E-state index contributed by atoms with van der Waals surface area (Å²) < 4.78 is 0. The molecule has 3 atom stereocenters. The molecule has 1 saturated heterocycles. The second-order valence-electron chi connectivity index (χ2n) is 8.01. The van der Waals surface area contributed by atoms with Gasteiger partial charge < -0.3 is 10.2 Å². The molecule has 1 N–H and O–H groups in total. The number of carbonyl (C=O) groups is 1. The Hall–Kier alpha value is -1.42. The van der Waals surface area contributed by atoms with Crippen LogP contribution in [0.2, 0.25) is 0 Å². The van der Waals surface area contributed by atoms with Crippen molar-refractivity contribution in [1.29, 1.82) is 0 Å². The Labute approximate surface area is 145 Å². The van der Waals surface area contributed by atoms with Gasteiger partial charge in [-0.1, -0.05) is 6.42 Å². The average Bonchev–Trinajstić information content (AvgIpc) is 3.25. The number of pyridine rings is 1. The van der Waals surface area contributed by atoms with Crippen LogP contribution in [0.3, 0.4) is 0 Å². The van der Waals surface area contributed by atoms with Gasteiger partial charge in [0.15, 0.2) is 0 Å². The zero-order valence-electron chi connectivity index (χ0n) is 14.5. The van der Waals surface area contributed by atoms with E-state index in [0.717, 1.165) is 51.2 Å². The van der Waals surface area contributed by atoms with Crippen molar-refractivity contribution in [2.45, 2.75) is 51.0 Å². The molecule has 3 fully saturated rings. The van der Waals surface area contributed by atoms with E-state index in [1.807, 2.05) is 12.4 Å². The molecule has 1 aliphatic heterocycles. The molecule has 0 unspecified atom stereocenters. The van der Waals surface area contributed by atoms with Crippen LogP contribution in [0.15, 0.2) is 24.5 Å². The van der Waals surface area contributed by atoms with Crippen molar-refractivity contribution >= 4 is 5.91 Å². The van der Waals surface area contributed by atoms with Crippen LogP contribution >= 0.6 is 0 Å². The number of nitrogens with one attached hydrogen (secondary N) is 1. The highest BCUT2D eigenvalue weighted by Gasteiger charge is 2.43. The molecule has 1 aromatic rings. The molecule has 2 bridgehead atoms. The van der Waals surface area contributed by atoms with Gasteiger partial charge in [-0.15, -0.1) is 0 Å². The molecule has 24 heavy (non-hydrogen) atoms. The molecular formula is C20H29N3O. The Morgan fingerprint density at radius 3 is 2.58 bits per heavy atom. The smallest absolute Gasteiger partial charge is 0.223 e. The predicted octanol–water partition coefficient (Wildman–Crippen LogP) is 2.64. The van der Waals surface area contributed by atoms with Crippen LogP contribution in [-0.2, 0) is 11.2 Å². The van der Waals surface area contributed by atoms with Gasteiger partial charge in [0, 0.05) is 44.0 Å². The SMILES string of the molecule is O=C(NC1CCN(CCc2ccncc2)CC1)[C@@H]1C[C@H]2CC[C@H]1C2. The summed E-state index contributed by atoms with van der Waals surface area (Å²) in [6, 6.07) is 4.60. The molecule has 3 aliphatic rings. The quantitative estimate of drug-likeness (QED) is 0.904. The number of rotatable bonds is 5. The molecule has 4 heteroatoms. The second-order valence-corrected chi connectivity index (χ2v) is 8.01. The Bertz CT molecular complexity index is 553. The third-order valence-corrected chi connectivity index (χ3v) is 6.47. The van der Waals surface area contributed by atoms with E-state index in [-0.39, 0.29) is 0 Å². The van der Waals surface area contributed by atoms with E-state index in [2.05, 4.69) is 27.3 Å². The first-order valence-corrected chi connectivity index (χ1v) is 9.69. The first-order valence-electron chi connectivity index (χ1n) is 9.69. The van der Waals surface area contributed by atoms with E-state index in [9.17, 15) is 4.79 Å². The van der Waals surface area contributed by atoms with E-state index in [4.69, 9.17) is 0 Å². The molecule has 4 nitrogen and oxygen atoms in total. The second kappa shape index (κ2) is 7.22. The maximum absolute atomic E-state index is 12.6. The van der Waals surface area contributed by atoms with E-state index >= 15 is 0 Å². The lowest BCUT2D eigenvalue weighted by molar-refractivity contribution is -0.127. The zero-order chi connectivity index (χ0) is 16.4. The van der Waals surface area contributed by atoms with Gasteiger partial charge >= 0.3 is 0 Å². The fourth-order valence-electron chi connectivity index (χ4n) is 5.01. The lowest BCUT2D eigenvalue weighted by Crippen LogP contribution is -2.47. The van der Waals surface area contributed by atoms with Gasteiger partial charge in [-0.25, -0.2) is 0 Å². The van der Waals surface area contributed by atoms with Crippen LogP contribution in [0.5, 0.6) is 0 Å². The number of nitrogens with zero attached hydrogens (tertiary/aromatic N) is 2. The summed E-state index contributed by atoms with van der Waals surface area (Å²) in [4.78, 5) is 19.2. The highest BCUT2D eigenvalue weighted by molar-refractivity contribution is 5.79. The lowest BCUT2D eigenvalue weighted by atomic mass is 9.87. The van der Waals surface area contributed by atoms with Gasteiger partial charge in [-0.2, -0.15) is 0 Å². The summed E-state index contributed by atoms with van der Waals surface area (Å²) in [6.45, 7) is 3.32. The average molecular weight is 327 g/mol.